The lowest BCUT2D eigenvalue weighted by molar-refractivity contribution is 0.368. The summed E-state index contributed by atoms with van der Waals surface area (Å²) >= 11 is 6.22. The van der Waals surface area contributed by atoms with E-state index in [4.69, 9.17) is 11.6 Å². The van der Waals surface area contributed by atoms with Crippen molar-refractivity contribution >= 4 is 17.3 Å². The van der Waals surface area contributed by atoms with Crippen LogP contribution in [0.3, 0.4) is 0 Å². The molecule has 0 saturated heterocycles. The summed E-state index contributed by atoms with van der Waals surface area (Å²) in [6, 6.07) is 0. The van der Waals surface area contributed by atoms with Crippen molar-refractivity contribution in [2.24, 2.45) is 10.4 Å². The molecule has 0 spiro atoms. The zero-order chi connectivity index (χ0) is 11.9. The molecule has 0 fully saturated rings. The van der Waals surface area contributed by atoms with Crippen LogP contribution in [0.25, 0.3) is 0 Å². The predicted molar refractivity (Wildman–Crippen MR) is 68.0 cm³/mol. The van der Waals surface area contributed by atoms with Gasteiger partial charge in [-0.05, 0) is 30.4 Å². The number of nitrogens with zero attached hydrogens (tertiary/aromatic N) is 2. The van der Waals surface area contributed by atoms with E-state index in [0.717, 1.165) is 24.5 Å². The highest BCUT2D eigenvalue weighted by Crippen LogP contribution is 2.30. The Morgan fingerprint density at radius 1 is 1.50 bits per heavy atom. The maximum Gasteiger partial charge on any atom is 0.148 e. The summed E-state index contributed by atoms with van der Waals surface area (Å²) in [5.41, 5.74) is 5.72. The standard InChI is InChI=1S/C12H18ClN3/c1-8-7-14-16-10(13)5-9(15-11(8)16)6-12(2,3)4/h5,14H,6-7H2,1-4H3. The van der Waals surface area contributed by atoms with Crippen LogP contribution in [0, 0.1) is 5.41 Å². The van der Waals surface area contributed by atoms with Gasteiger partial charge in [0, 0.05) is 12.3 Å². The normalized spacial score (nSPS) is 20.9. The van der Waals surface area contributed by atoms with Crippen LogP contribution in [0.15, 0.2) is 27.6 Å². The van der Waals surface area contributed by atoms with Gasteiger partial charge in [-0.15, -0.1) is 0 Å². The van der Waals surface area contributed by atoms with Crippen LogP contribution in [0.4, 0.5) is 0 Å². The smallest absolute Gasteiger partial charge is 0.148 e. The Labute approximate surface area is 102 Å². The van der Waals surface area contributed by atoms with Gasteiger partial charge in [0.1, 0.15) is 11.0 Å². The average molecular weight is 240 g/mol. The lowest BCUT2D eigenvalue weighted by atomic mass is 9.89. The Morgan fingerprint density at radius 3 is 2.81 bits per heavy atom. The Balaban J connectivity index is 2.29. The molecule has 0 aromatic rings. The van der Waals surface area contributed by atoms with Crippen molar-refractivity contribution in [1.29, 1.82) is 0 Å². The van der Waals surface area contributed by atoms with Crippen LogP contribution in [-0.2, 0) is 0 Å². The molecule has 3 nitrogen and oxygen atoms in total. The van der Waals surface area contributed by atoms with E-state index in [-0.39, 0.29) is 5.41 Å². The van der Waals surface area contributed by atoms with Crippen molar-refractivity contribution in [3.63, 3.8) is 0 Å². The largest absolute Gasteiger partial charge is 0.248 e. The Morgan fingerprint density at radius 2 is 2.19 bits per heavy atom. The first-order valence-corrected chi connectivity index (χ1v) is 5.93. The van der Waals surface area contributed by atoms with Crippen molar-refractivity contribution in [1.82, 2.24) is 10.4 Å². The van der Waals surface area contributed by atoms with Gasteiger partial charge in [-0.25, -0.2) is 15.4 Å². The molecule has 2 aliphatic heterocycles. The van der Waals surface area contributed by atoms with Crippen LogP contribution >= 0.6 is 11.6 Å². The highest BCUT2D eigenvalue weighted by Gasteiger charge is 2.26. The van der Waals surface area contributed by atoms with E-state index in [1.165, 1.54) is 5.57 Å². The number of hydrogen-bond donors (Lipinski definition) is 1. The van der Waals surface area contributed by atoms with Gasteiger partial charge in [0.15, 0.2) is 0 Å². The molecule has 0 amide bonds. The molecule has 0 aliphatic carbocycles. The van der Waals surface area contributed by atoms with Crippen molar-refractivity contribution in [3.05, 3.63) is 22.6 Å². The molecule has 0 aromatic heterocycles. The van der Waals surface area contributed by atoms with Gasteiger partial charge in [0.05, 0.1) is 0 Å². The Hall–Kier alpha value is -0.800. The fourth-order valence-corrected chi connectivity index (χ4v) is 2.13. The molecule has 0 radical (unpaired) electrons. The molecule has 2 aliphatic rings. The molecule has 2 heterocycles. The molecule has 0 bridgehead atoms. The third-order valence-electron chi connectivity index (χ3n) is 2.56. The fraction of sp³-hybridized carbons (Fsp3) is 0.583. The predicted octanol–water partition coefficient (Wildman–Crippen LogP) is 3.01. The second-order valence-electron chi connectivity index (χ2n) is 5.58. The van der Waals surface area contributed by atoms with Gasteiger partial charge < -0.3 is 0 Å². The number of nitrogens with one attached hydrogen (secondary N) is 1. The van der Waals surface area contributed by atoms with Gasteiger partial charge in [-0.3, -0.25) is 0 Å². The highest BCUT2D eigenvalue weighted by molar-refractivity contribution is 6.31. The molecule has 1 N–H and O–H groups in total. The maximum atomic E-state index is 6.22. The molecular formula is C12H18ClN3. The van der Waals surface area contributed by atoms with E-state index in [2.05, 4.69) is 38.1 Å². The first-order valence-electron chi connectivity index (χ1n) is 5.55. The van der Waals surface area contributed by atoms with Crippen molar-refractivity contribution in [3.8, 4) is 0 Å². The molecular weight excluding hydrogens is 222 g/mol. The second-order valence-corrected chi connectivity index (χ2v) is 5.97. The first-order chi connectivity index (χ1) is 7.37. The summed E-state index contributed by atoms with van der Waals surface area (Å²) in [7, 11) is 0. The van der Waals surface area contributed by atoms with Gasteiger partial charge in [-0.1, -0.05) is 32.4 Å². The third kappa shape index (κ3) is 2.30. The summed E-state index contributed by atoms with van der Waals surface area (Å²) in [4.78, 5) is 4.66. The second kappa shape index (κ2) is 3.90. The fourth-order valence-electron chi connectivity index (χ4n) is 1.87. The topological polar surface area (TPSA) is 27.6 Å². The minimum absolute atomic E-state index is 0.231. The molecule has 4 heteroatoms. The van der Waals surface area contributed by atoms with Crippen LogP contribution in [0.2, 0.25) is 0 Å². The van der Waals surface area contributed by atoms with E-state index >= 15 is 0 Å². The molecule has 2 rings (SSSR count). The van der Waals surface area contributed by atoms with Gasteiger partial charge >= 0.3 is 0 Å². The number of aliphatic imine (C=N–C) groups is 1. The van der Waals surface area contributed by atoms with E-state index < -0.39 is 0 Å². The summed E-state index contributed by atoms with van der Waals surface area (Å²) in [6.07, 6.45) is 2.88. The SMILES string of the molecule is CC1=C2N=C(CC(C)(C)C)C=C(Cl)N2NC1. The van der Waals surface area contributed by atoms with Crippen molar-refractivity contribution in [2.75, 3.05) is 6.54 Å². The zero-order valence-corrected chi connectivity index (χ0v) is 11.0. The first kappa shape index (κ1) is 11.7. The molecule has 0 saturated carbocycles. The number of fused-ring (bicyclic) bond motifs is 1. The lowest BCUT2D eigenvalue weighted by Gasteiger charge is -2.25. The summed E-state index contributed by atoms with van der Waals surface area (Å²) in [5, 5.41) is 2.56. The van der Waals surface area contributed by atoms with E-state index in [0.29, 0.717) is 5.16 Å². The quantitative estimate of drug-likeness (QED) is 0.713. The van der Waals surface area contributed by atoms with Crippen LogP contribution in [0.5, 0.6) is 0 Å². The van der Waals surface area contributed by atoms with E-state index in [9.17, 15) is 0 Å². The molecule has 0 atom stereocenters. The summed E-state index contributed by atoms with van der Waals surface area (Å²) in [5.74, 6) is 0.965. The number of hydrogen-bond acceptors (Lipinski definition) is 3. The lowest BCUT2D eigenvalue weighted by Crippen LogP contribution is -2.32. The monoisotopic (exact) mass is 239 g/mol. The van der Waals surface area contributed by atoms with E-state index in [1.807, 2.05) is 11.1 Å². The average Bonchev–Trinajstić information content (AvgIpc) is 2.45. The van der Waals surface area contributed by atoms with Gasteiger partial charge in [0.2, 0.25) is 0 Å². The van der Waals surface area contributed by atoms with Gasteiger partial charge in [-0.2, -0.15) is 0 Å². The van der Waals surface area contributed by atoms with E-state index in [1.54, 1.807) is 0 Å². The Kier molecular flexibility index (Phi) is 2.84. The number of hydrazine groups is 1. The van der Waals surface area contributed by atoms with Crippen molar-refractivity contribution < 1.29 is 0 Å². The molecule has 0 unspecified atom stereocenters. The molecule has 88 valence electrons. The molecule has 16 heavy (non-hydrogen) atoms. The molecule has 0 aromatic carbocycles. The Bertz CT molecular complexity index is 399. The summed E-state index contributed by atoms with van der Waals surface area (Å²) < 4.78 is 0. The maximum absolute atomic E-state index is 6.22. The minimum atomic E-state index is 0.231. The number of halogens is 1. The van der Waals surface area contributed by atoms with Crippen LogP contribution < -0.4 is 5.43 Å². The number of rotatable bonds is 1. The highest BCUT2D eigenvalue weighted by atomic mass is 35.5. The zero-order valence-electron chi connectivity index (χ0n) is 10.3. The summed E-state index contributed by atoms with van der Waals surface area (Å²) in [6.45, 7) is 9.52. The van der Waals surface area contributed by atoms with Crippen LogP contribution in [-0.4, -0.2) is 17.3 Å². The van der Waals surface area contributed by atoms with Crippen molar-refractivity contribution in [2.45, 2.75) is 34.1 Å². The third-order valence-corrected chi connectivity index (χ3v) is 2.83. The minimum Gasteiger partial charge on any atom is -0.248 e. The van der Waals surface area contributed by atoms with Crippen LogP contribution in [0.1, 0.15) is 34.1 Å². The van der Waals surface area contributed by atoms with Gasteiger partial charge in [0.25, 0.3) is 0 Å². The number of allylic oxidation sites excluding steroid dienone is 1.